The van der Waals surface area contributed by atoms with Crippen LogP contribution < -0.4 is 10.9 Å². The average Bonchev–Trinajstić information content (AvgIpc) is 3.76. The Hall–Kier alpha value is -3.99. The lowest BCUT2D eigenvalue weighted by Gasteiger charge is -2.34. The summed E-state index contributed by atoms with van der Waals surface area (Å²) in [5.41, 5.74) is 2.01. The van der Waals surface area contributed by atoms with Crippen molar-refractivity contribution < 1.29 is 32.3 Å². The van der Waals surface area contributed by atoms with Gasteiger partial charge in [-0.05, 0) is 103 Å². The number of hydrogen-bond acceptors (Lipinski definition) is 4. The van der Waals surface area contributed by atoms with Crippen LogP contribution in [0.4, 0.5) is 17.6 Å². The summed E-state index contributed by atoms with van der Waals surface area (Å²) in [6.45, 7) is 5.99. The van der Waals surface area contributed by atoms with E-state index in [1.54, 1.807) is 19.9 Å². The maximum atomic E-state index is 15.7. The summed E-state index contributed by atoms with van der Waals surface area (Å²) >= 11 is 0. The number of likely N-dealkylation sites (tertiary alicyclic amines) is 1. The van der Waals surface area contributed by atoms with Crippen LogP contribution in [-0.2, 0) is 16.0 Å². The van der Waals surface area contributed by atoms with Crippen molar-refractivity contribution in [1.82, 2.24) is 14.8 Å². The van der Waals surface area contributed by atoms with Crippen LogP contribution in [0, 0.1) is 44.1 Å². The predicted octanol–water partition coefficient (Wildman–Crippen LogP) is 5.73. The second-order valence-corrected chi connectivity index (χ2v) is 12.5. The van der Waals surface area contributed by atoms with Gasteiger partial charge < -0.3 is 15.0 Å². The first kappa shape index (κ1) is 32.4. The first-order valence-electron chi connectivity index (χ1n) is 15.2. The summed E-state index contributed by atoms with van der Waals surface area (Å²) in [5, 5.41) is 12.4. The number of halogens is 4. The fourth-order valence-electron chi connectivity index (χ4n) is 6.23. The Morgan fingerprint density at radius 2 is 1.67 bits per heavy atom. The Morgan fingerprint density at radius 3 is 2.27 bits per heavy atom. The van der Waals surface area contributed by atoms with Crippen molar-refractivity contribution in [1.29, 1.82) is 0 Å². The third kappa shape index (κ3) is 7.46. The standard InChI is InChI=1S/C34H37F4N3O4/c1-18-9-24(35)10-19(2)31(18)23-8-20(3)32(38)26(13-23)28(14-30(42)43)39-33(44)29(12-21-4-5-21)41-15-22(11-27(37)34(41)45)6-7-40-16-25(36)17-40/h8-11,13,15,21,25,28-29H,4-7,12,14,16-17H2,1-3H3,(H,39,44)(H,42,43)/t28-,29?/m0/s1. The zero-order chi connectivity index (χ0) is 32.6. The molecule has 2 atom stereocenters. The highest BCUT2D eigenvalue weighted by Gasteiger charge is 2.34. The van der Waals surface area contributed by atoms with Crippen molar-refractivity contribution >= 4 is 11.9 Å². The minimum Gasteiger partial charge on any atom is -0.481 e. The van der Waals surface area contributed by atoms with Gasteiger partial charge in [-0.3, -0.25) is 19.3 Å². The number of carboxylic acid groups (broad SMARTS) is 1. The van der Waals surface area contributed by atoms with Gasteiger partial charge in [0, 0.05) is 31.4 Å². The quantitative estimate of drug-likeness (QED) is 0.251. The van der Waals surface area contributed by atoms with Crippen LogP contribution in [0.1, 0.15) is 65.6 Å². The van der Waals surface area contributed by atoms with E-state index in [-0.39, 0.29) is 36.6 Å². The molecule has 7 nitrogen and oxygen atoms in total. The number of alkyl halides is 1. The molecule has 2 aromatic carbocycles. The number of aromatic nitrogens is 1. The van der Waals surface area contributed by atoms with E-state index < -0.39 is 59.6 Å². The number of aliphatic carboxylic acids is 1. The largest absolute Gasteiger partial charge is 0.481 e. The van der Waals surface area contributed by atoms with Crippen molar-refractivity contribution in [3.63, 3.8) is 0 Å². The average molecular weight is 628 g/mol. The Kier molecular flexibility index (Phi) is 9.48. The number of rotatable bonds is 12. The number of aryl methyl sites for hydroxylation is 3. The number of nitrogens with one attached hydrogen (secondary N) is 1. The van der Waals surface area contributed by atoms with Gasteiger partial charge in [0.15, 0.2) is 5.82 Å². The van der Waals surface area contributed by atoms with Crippen molar-refractivity contribution in [3.8, 4) is 11.1 Å². The maximum absolute atomic E-state index is 15.7. The number of pyridine rings is 1. The molecule has 2 heterocycles. The van der Waals surface area contributed by atoms with Crippen molar-refractivity contribution in [2.75, 3.05) is 19.6 Å². The zero-order valence-corrected chi connectivity index (χ0v) is 25.5. The molecule has 45 heavy (non-hydrogen) atoms. The predicted molar refractivity (Wildman–Crippen MR) is 161 cm³/mol. The molecule has 2 fully saturated rings. The first-order valence-corrected chi connectivity index (χ1v) is 15.2. The fraction of sp³-hybridized carbons (Fsp3) is 0.441. The van der Waals surface area contributed by atoms with Gasteiger partial charge in [0.25, 0.3) is 5.56 Å². The summed E-state index contributed by atoms with van der Waals surface area (Å²) in [4.78, 5) is 40.7. The van der Waals surface area contributed by atoms with E-state index in [1.807, 2.05) is 4.90 Å². The molecular formula is C34H37F4N3O4. The smallest absolute Gasteiger partial charge is 0.305 e. The fourth-order valence-corrected chi connectivity index (χ4v) is 6.23. The number of amides is 1. The Balaban J connectivity index is 1.49. The van der Waals surface area contributed by atoms with Gasteiger partial charge >= 0.3 is 5.97 Å². The second kappa shape index (κ2) is 13.2. The molecule has 1 aromatic heterocycles. The molecule has 1 aliphatic heterocycles. The Labute approximate surface area is 258 Å². The SMILES string of the molecule is Cc1cc(-c2c(C)cc(F)cc2C)cc([C@H](CC(=O)O)NC(=O)C(CC2CC2)n2cc(CCN3CC(F)C3)cc(F)c2=O)c1F. The van der Waals surface area contributed by atoms with Crippen molar-refractivity contribution in [3.05, 3.63) is 92.2 Å². The summed E-state index contributed by atoms with van der Waals surface area (Å²) < 4.78 is 58.9. The highest BCUT2D eigenvalue weighted by molar-refractivity contribution is 5.82. The van der Waals surface area contributed by atoms with Gasteiger partial charge in [-0.2, -0.15) is 0 Å². The van der Waals surface area contributed by atoms with Crippen LogP contribution in [-0.4, -0.2) is 52.3 Å². The molecule has 2 N–H and O–H groups in total. The van der Waals surface area contributed by atoms with E-state index in [0.29, 0.717) is 40.8 Å². The monoisotopic (exact) mass is 627 g/mol. The molecular weight excluding hydrogens is 590 g/mol. The van der Waals surface area contributed by atoms with E-state index in [2.05, 4.69) is 5.32 Å². The molecule has 0 bridgehead atoms. The summed E-state index contributed by atoms with van der Waals surface area (Å²) in [5.74, 6) is -4.06. The molecule has 0 spiro atoms. The van der Waals surface area contributed by atoms with E-state index >= 15 is 4.39 Å². The number of carboxylic acids is 1. The van der Waals surface area contributed by atoms with Crippen LogP contribution in [0.25, 0.3) is 11.1 Å². The third-order valence-electron chi connectivity index (χ3n) is 8.72. The number of carbonyl (C=O) groups is 2. The van der Waals surface area contributed by atoms with Gasteiger partial charge in [0.05, 0.1) is 12.5 Å². The molecule has 5 rings (SSSR count). The first-order chi connectivity index (χ1) is 21.3. The number of benzene rings is 2. The maximum Gasteiger partial charge on any atom is 0.305 e. The molecule has 1 saturated heterocycles. The van der Waals surface area contributed by atoms with Crippen LogP contribution in [0.15, 0.2) is 41.3 Å². The topological polar surface area (TPSA) is 91.6 Å². The van der Waals surface area contributed by atoms with Crippen LogP contribution in [0.5, 0.6) is 0 Å². The van der Waals surface area contributed by atoms with E-state index in [4.69, 9.17) is 0 Å². The van der Waals surface area contributed by atoms with Crippen molar-refractivity contribution in [2.24, 2.45) is 5.92 Å². The van der Waals surface area contributed by atoms with E-state index in [1.165, 1.54) is 31.3 Å². The number of hydrogen-bond donors (Lipinski definition) is 2. The van der Waals surface area contributed by atoms with E-state index in [0.717, 1.165) is 23.5 Å². The summed E-state index contributed by atoms with van der Waals surface area (Å²) in [6, 6.07) is 4.39. The van der Waals surface area contributed by atoms with Crippen molar-refractivity contribution in [2.45, 2.75) is 71.1 Å². The summed E-state index contributed by atoms with van der Waals surface area (Å²) in [7, 11) is 0. The lowest BCUT2D eigenvalue weighted by Crippen LogP contribution is -2.49. The van der Waals surface area contributed by atoms with Gasteiger partial charge in [0.1, 0.15) is 23.8 Å². The van der Waals surface area contributed by atoms with Crippen LogP contribution in [0.3, 0.4) is 0 Å². The normalized spacial score (nSPS) is 16.7. The van der Waals surface area contributed by atoms with Gasteiger partial charge in [0.2, 0.25) is 5.91 Å². The number of carbonyl (C=O) groups excluding carboxylic acids is 1. The molecule has 240 valence electrons. The van der Waals surface area contributed by atoms with Crippen LogP contribution in [0.2, 0.25) is 0 Å². The highest BCUT2D eigenvalue weighted by atomic mass is 19.1. The van der Waals surface area contributed by atoms with E-state index in [9.17, 15) is 32.7 Å². The van der Waals surface area contributed by atoms with Gasteiger partial charge in [-0.15, -0.1) is 0 Å². The second-order valence-electron chi connectivity index (χ2n) is 12.5. The minimum atomic E-state index is -1.32. The molecule has 1 amide bonds. The molecule has 1 saturated carbocycles. The minimum absolute atomic E-state index is 0.0676. The molecule has 1 aliphatic carbocycles. The lowest BCUT2D eigenvalue weighted by molar-refractivity contribution is -0.138. The van der Waals surface area contributed by atoms with Gasteiger partial charge in [-0.25, -0.2) is 17.6 Å². The zero-order valence-electron chi connectivity index (χ0n) is 25.5. The lowest BCUT2D eigenvalue weighted by atomic mass is 9.90. The van der Waals surface area contributed by atoms with Crippen LogP contribution >= 0.6 is 0 Å². The Bertz CT molecular complexity index is 1660. The summed E-state index contributed by atoms with van der Waals surface area (Å²) in [6.07, 6.45) is 2.09. The molecule has 1 unspecified atom stereocenters. The molecule has 11 heteroatoms. The van der Waals surface area contributed by atoms with Gasteiger partial charge in [-0.1, -0.05) is 12.8 Å². The molecule has 2 aliphatic rings. The number of nitrogens with zero attached hydrogens (tertiary/aromatic N) is 2. The third-order valence-corrected chi connectivity index (χ3v) is 8.72. The molecule has 0 radical (unpaired) electrons. The Morgan fingerprint density at radius 1 is 1.00 bits per heavy atom. The highest BCUT2D eigenvalue weighted by Crippen LogP contribution is 2.38. The molecule has 3 aromatic rings.